The van der Waals surface area contributed by atoms with Gasteiger partial charge in [0.05, 0.1) is 0 Å². The molecule has 2 aliphatic heterocycles. The van der Waals surface area contributed by atoms with Crippen LogP contribution in [0.15, 0.2) is 16.9 Å². The van der Waals surface area contributed by atoms with Crippen molar-refractivity contribution >= 4 is 11.5 Å². The lowest BCUT2D eigenvalue weighted by Gasteiger charge is -2.45. The van der Waals surface area contributed by atoms with E-state index in [0.29, 0.717) is 11.1 Å². The Morgan fingerprint density at radius 2 is 2.14 bits per heavy atom. The summed E-state index contributed by atoms with van der Waals surface area (Å²) in [6.45, 7) is 4.26. The molecule has 1 spiro atoms. The molecule has 2 aromatic rings. The van der Waals surface area contributed by atoms with Crippen molar-refractivity contribution in [3.63, 3.8) is 0 Å². The molecule has 0 amide bonds. The SMILES string of the molecule is O=c1[nH]nc2ccc(N3CCCC4(CCCNC4)C3)nn12. The first-order valence-electron chi connectivity index (χ1n) is 7.66. The molecule has 2 aliphatic rings. The number of hydrogen-bond acceptors (Lipinski definition) is 5. The second-order valence-electron chi connectivity index (χ2n) is 6.30. The van der Waals surface area contributed by atoms with E-state index < -0.39 is 0 Å². The zero-order valence-corrected chi connectivity index (χ0v) is 12.0. The Bertz CT molecular complexity index is 693. The van der Waals surface area contributed by atoms with E-state index in [1.54, 1.807) is 0 Å². The number of hydrogen-bond donors (Lipinski definition) is 2. The highest BCUT2D eigenvalue weighted by molar-refractivity contribution is 5.45. The fourth-order valence-corrected chi connectivity index (χ4v) is 3.74. The Morgan fingerprint density at radius 1 is 1.24 bits per heavy atom. The monoisotopic (exact) mass is 288 g/mol. The molecule has 0 radical (unpaired) electrons. The third kappa shape index (κ3) is 2.21. The molecule has 4 rings (SSSR count). The van der Waals surface area contributed by atoms with Crippen molar-refractivity contribution in [1.82, 2.24) is 25.1 Å². The summed E-state index contributed by atoms with van der Waals surface area (Å²) >= 11 is 0. The number of nitrogens with one attached hydrogen (secondary N) is 2. The molecule has 2 aromatic heterocycles. The van der Waals surface area contributed by atoms with Crippen LogP contribution in [0.2, 0.25) is 0 Å². The average Bonchev–Trinajstić information content (AvgIpc) is 2.89. The van der Waals surface area contributed by atoms with Gasteiger partial charge in [0.2, 0.25) is 0 Å². The summed E-state index contributed by atoms with van der Waals surface area (Å²) in [6.07, 6.45) is 5.00. The summed E-state index contributed by atoms with van der Waals surface area (Å²) in [5.41, 5.74) is 0.654. The van der Waals surface area contributed by atoms with Gasteiger partial charge in [0.15, 0.2) is 5.65 Å². The van der Waals surface area contributed by atoms with Crippen molar-refractivity contribution < 1.29 is 0 Å². The van der Waals surface area contributed by atoms with Crippen LogP contribution < -0.4 is 15.9 Å². The van der Waals surface area contributed by atoms with E-state index in [1.807, 2.05) is 12.1 Å². The Hall–Kier alpha value is -1.89. The molecule has 0 aliphatic carbocycles. The van der Waals surface area contributed by atoms with Gasteiger partial charge in [-0.3, -0.25) is 0 Å². The number of aromatic amines is 1. The molecule has 1 atom stereocenters. The van der Waals surface area contributed by atoms with Crippen molar-refractivity contribution in [2.24, 2.45) is 5.41 Å². The van der Waals surface area contributed by atoms with E-state index in [0.717, 1.165) is 32.0 Å². The average molecular weight is 288 g/mol. The predicted molar refractivity (Wildman–Crippen MR) is 79.6 cm³/mol. The molecule has 112 valence electrons. The van der Waals surface area contributed by atoms with Crippen LogP contribution in [-0.4, -0.2) is 46.0 Å². The predicted octanol–water partition coefficient (Wildman–Crippen LogP) is 0.388. The summed E-state index contributed by atoms with van der Waals surface area (Å²) in [7, 11) is 0. The second kappa shape index (κ2) is 4.84. The van der Waals surface area contributed by atoms with Crippen LogP contribution in [0.3, 0.4) is 0 Å². The van der Waals surface area contributed by atoms with Gasteiger partial charge in [0.1, 0.15) is 5.82 Å². The lowest BCUT2D eigenvalue weighted by molar-refractivity contribution is 0.172. The van der Waals surface area contributed by atoms with Crippen LogP contribution in [0.1, 0.15) is 25.7 Å². The van der Waals surface area contributed by atoms with Crippen LogP contribution in [0.4, 0.5) is 5.82 Å². The second-order valence-corrected chi connectivity index (χ2v) is 6.30. The molecule has 7 heteroatoms. The van der Waals surface area contributed by atoms with Crippen LogP contribution in [-0.2, 0) is 0 Å². The molecule has 2 N–H and O–H groups in total. The normalized spacial score (nSPS) is 26.6. The molecular weight excluding hydrogens is 268 g/mol. The van der Waals surface area contributed by atoms with Gasteiger partial charge in [-0.1, -0.05) is 0 Å². The Balaban J connectivity index is 1.64. The topological polar surface area (TPSA) is 78.3 Å². The lowest BCUT2D eigenvalue weighted by Crippen LogP contribution is -2.51. The van der Waals surface area contributed by atoms with Crippen molar-refractivity contribution in [2.75, 3.05) is 31.1 Å². The van der Waals surface area contributed by atoms with E-state index in [-0.39, 0.29) is 5.69 Å². The highest BCUT2D eigenvalue weighted by atomic mass is 16.2. The standard InChI is InChI=1S/C14H20N6O/c21-13-17-16-11-3-4-12(18-20(11)13)19-8-2-6-14(10-19)5-1-7-15-9-14/h3-4,15H,1-2,5-10H2,(H,17,21). The first kappa shape index (κ1) is 12.8. The zero-order chi connectivity index (χ0) is 14.3. The highest BCUT2D eigenvalue weighted by Crippen LogP contribution is 2.37. The molecule has 7 nitrogen and oxygen atoms in total. The Kier molecular flexibility index (Phi) is 2.95. The Morgan fingerprint density at radius 3 is 3.00 bits per heavy atom. The van der Waals surface area contributed by atoms with Crippen molar-refractivity contribution in [3.8, 4) is 0 Å². The maximum Gasteiger partial charge on any atom is 0.364 e. The van der Waals surface area contributed by atoms with Gasteiger partial charge in [-0.25, -0.2) is 9.89 Å². The number of anilines is 1. The molecule has 0 saturated carbocycles. The first-order valence-corrected chi connectivity index (χ1v) is 7.66. The summed E-state index contributed by atoms with van der Waals surface area (Å²) in [5.74, 6) is 0.871. The van der Waals surface area contributed by atoms with Gasteiger partial charge < -0.3 is 10.2 Å². The van der Waals surface area contributed by atoms with Gasteiger partial charge in [-0.15, -0.1) is 5.10 Å². The number of aromatic nitrogens is 4. The fraction of sp³-hybridized carbons (Fsp3) is 0.643. The highest BCUT2D eigenvalue weighted by Gasteiger charge is 2.37. The van der Waals surface area contributed by atoms with E-state index in [1.165, 1.54) is 30.2 Å². The summed E-state index contributed by atoms with van der Waals surface area (Å²) in [5, 5.41) is 14.3. The van der Waals surface area contributed by atoms with Crippen LogP contribution >= 0.6 is 0 Å². The zero-order valence-electron chi connectivity index (χ0n) is 12.0. The van der Waals surface area contributed by atoms with Crippen molar-refractivity contribution in [3.05, 3.63) is 22.6 Å². The smallest absolute Gasteiger partial charge is 0.355 e. The molecular formula is C14H20N6O. The van der Waals surface area contributed by atoms with Crippen LogP contribution in [0.25, 0.3) is 5.65 Å². The minimum Gasteiger partial charge on any atom is -0.355 e. The minimum absolute atomic E-state index is 0.280. The van der Waals surface area contributed by atoms with Crippen LogP contribution in [0.5, 0.6) is 0 Å². The van der Waals surface area contributed by atoms with Gasteiger partial charge >= 0.3 is 5.69 Å². The minimum atomic E-state index is -0.280. The van der Waals surface area contributed by atoms with E-state index in [4.69, 9.17) is 0 Å². The van der Waals surface area contributed by atoms with Crippen molar-refractivity contribution in [2.45, 2.75) is 25.7 Å². The van der Waals surface area contributed by atoms with E-state index in [9.17, 15) is 4.79 Å². The molecule has 0 bridgehead atoms. The summed E-state index contributed by atoms with van der Waals surface area (Å²) in [4.78, 5) is 14.0. The van der Waals surface area contributed by atoms with Crippen molar-refractivity contribution in [1.29, 1.82) is 0 Å². The summed E-state index contributed by atoms with van der Waals surface area (Å²) < 4.78 is 1.34. The van der Waals surface area contributed by atoms with Gasteiger partial charge in [0.25, 0.3) is 0 Å². The number of fused-ring (bicyclic) bond motifs is 1. The van der Waals surface area contributed by atoms with Gasteiger partial charge in [-0.05, 0) is 44.4 Å². The third-order valence-corrected chi connectivity index (χ3v) is 4.81. The van der Waals surface area contributed by atoms with E-state index in [2.05, 4.69) is 25.5 Å². The molecule has 1 unspecified atom stereocenters. The largest absolute Gasteiger partial charge is 0.364 e. The van der Waals surface area contributed by atoms with E-state index >= 15 is 0 Å². The number of piperidine rings is 2. The molecule has 0 aromatic carbocycles. The fourth-order valence-electron chi connectivity index (χ4n) is 3.74. The van der Waals surface area contributed by atoms with Crippen LogP contribution in [0, 0.1) is 5.41 Å². The molecule has 2 saturated heterocycles. The molecule has 2 fully saturated rings. The molecule has 4 heterocycles. The first-order chi connectivity index (χ1) is 10.3. The maximum atomic E-state index is 11.7. The number of nitrogens with zero attached hydrogens (tertiary/aromatic N) is 4. The number of H-pyrrole nitrogens is 1. The van der Waals surface area contributed by atoms with Gasteiger partial charge in [0, 0.05) is 25.0 Å². The van der Waals surface area contributed by atoms with Gasteiger partial charge in [-0.2, -0.15) is 9.61 Å². The molecule has 21 heavy (non-hydrogen) atoms. The maximum absolute atomic E-state index is 11.7. The lowest BCUT2D eigenvalue weighted by atomic mass is 9.74. The quantitative estimate of drug-likeness (QED) is 0.793. The third-order valence-electron chi connectivity index (χ3n) is 4.81. The number of rotatable bonds is 1. The Labute approximate surface area is 122 Å². The summed E-state index contributed by atoms with van der Waals surface area (Å²) in [6, 6.07) is 3.81.